The third-order valence-electron chi connectivity index (χ3n) is 2.60. The van der Waals surface area contributed by atoms with Crippen molar-refractivity contribution in [1.82, 2.24) is 0 Å². The molecule has 0 aliphatic carbocycles. The molecular formula is C11H23BrO2S. The zero-order chi connectivity index (χ0) is 11.9. The standard InChI is InChI=1S/C11H23BrO2S/c1-4-15(13,14)9-7-5-6-8-11(12)10(2)3/h10-11H,4-9H2,1-3H3. The zero-order valence-electron chi connectivity index (χ0n) is 10.0. The minimum absolute atomic E-state index is 0.278. The third-order valence-corrected chi connectivity index (χ3v) is 5.90. The number of hydrogen-bond donors (Lipinski definition) is 0. The van der Waals surface area contributed by atoms with E-state index in [0.717, 1.165) is 25.7 Å². The van der Waals surface area contributed by atoms with Crippen molar-refractivity contribution in [3.63, 3.8) is 0 Å². The van der Waals surface area contributed by atoms with Crippen molar-refractivity contribution in [2.24, 2.45) is 5.92 Å². The van der Waals surface area contributed by atoms with Crippen molar-refractivity contribution < 1.29 is 8.42 Å². The largest absolute Gasteiger partial charge is 0.229 e. The molecule has 0 aliphatic heterocycles. The number of sulfone groups is 1. The van der Waals surface area contributed by atoms with Gasteiger partial charge >= 0.3 is 0 Å². The summed E-state index contributed by atoms with van der Waals surface area (Å²) in [4.78, 5) is 0.570. The SMILES string of the molecule is CCS(=O)(=O)CCCCCC(Br)C(C)C. The van der Waals surface area contributed by atoms with Crippen molar-refractivity contribution in [1.29, 1.82) is 0 Å². The maximum atomic E-state index is 11.2. The highest BCUT2D eigenvalue weighted by Gasteiger charge is 2.09. The van der Waals surface area contributed by atoms with Gasteiger partial charge in [0, 0.05) is 10.6 Å². The van der Waals surface area contributed by atoms with E-state index in [-0.39, 0.29) is 5.75 Å². The molecule has 0 aliphatic rings. The van der Waals surface area contributed by atoms with E-state index in [9.17, 15) is 8.42 Å². The fourth-order valence-corrected chi connectivity index (χ4v) is 2.57. The van der Waals surface area contributed by atoms with Crippen LogP contribution in [0, 0.1) is 5.92 Å². The van der Waals surface area contributed by atoms with Crippen LogP contribution >= 0.6 is 15.9 Å². The lowest BCUT2D eigenvalue weighted by atomic mass is 10.0. The van der Waals surface area contributed by atoms with Gasteiger partial charge in [-0.2, -0.15) is 0 Å². The van der Waals surface area contributed by atoms with Crippen molar-refractivity contribution in [3.05, 3.63) is 0 Å². The number of rotatable bonds is 8. The Kier molecular flexibility index (Phi) is 7.88. The average molecular weight is 299 g/mol. The molecule has 92 valence electrons. The van der Waals surface area contributed by atoms with Crippen LogP contribution in [0.25, 0.3) is 0 Å². The third kappa shape index (κ3) is 8.26. The summed E-state index contributed by atoms with van der Waals surface area (Å²) in [5, 5.41) is 0. The minimum atomic E-state index is -2.75. The second-order valence-electron chi connectivity index (χ2n) is 4.35. The van der Waals surface area contributed by atoms with Gasteiger partial charge in [-0.05, 0) is 18.8 Å². The highest BCUT2D eigenvalue weighted by Crippen LogP contribution is 2.19. The van der Waals surface area contributed by atoms with Crippen LogP contribution in [-0.4, -0.2) is 24.8 Å². The van der Waals surface area contributed by atoms with Crippen molar-refractivity contribution in [2.75, 3.05) is 11.5 Å². The van der Waals surface area contributed by atoms with Crippen molar-refractivity contribution >= 4 is 25.8 Å². The van der Waals surface area contributed by atoms with Crippen LogP contribution in [0.15, 0.2) is 0 Å². The predicted molar refractivity (Wildman–Crippen MR) is 70.3 cm³/mol. The lowest BCUT2D eigenvalue weighted by Gasteiger charge is -2.12. The summed E-state index contributed by atoms with van der Waals surface area (Å²) in [6, 6.07) is 0. The molecule has 0 radical (unpaired) electrons. The minimum Gasteiger partial charge on any atom is -0.229 e. The second-order valence-corrected chi connectivity index (χ2v) is 7.99. The Morgan fingerprint density at radius 3 is 2.20 bits per heavy atom. The molecule has 0 rings (SSSR count). The van der Waals surface area contributed by atoms with Gasteiger partial charge in [-0.3, -0.25) is 0 Å². The van der Waals surface area contributed by atoms with E-state index in [0.29, 0.717) is 16.5 Å². The van der Waals surface area contributed by atoms with Crippen LogP contribution in [0.2, 0.25) is 0 Å². The van der Waals surface area contributed by atoms with Crippen LogP contribution < -0.4 is 0 Å². The first-order valence-electron chi connectivity index (χ1n) is 5.73. The molecule has 1 atom stereocenters. The second kappa shape index (κ2) is 7.66. The van der Waals surface area contributed by atoms with Gasteiger partial charge in [-0.15, -0.1) is 0 Å². The Hall–Kier alpha value is 0.430. The molecule has 0 saturated carbocycles. The van der Waals surface area contributed by atoms with Gasteiger partial charge < -0.3 is 0 Å². The van der Waals surface area contributed by atoms with Gasteiger partial charge in [0.1, 0.15) is 9.84 Å². The van der Waals surface area contributed by atoms with E-state index in [4.69, 9.17) is 0 Å². The molecule has 0 fully saturated rings. The van der Waals surface area contributed by atoms with Crippen LogP contribution in [0.4, 0.5) is 0 Å². The molecule has 0 aromatic carbocycles. The van der Waals surface area contributed by atoms with Gasteiger partial charge in [-0.25, -0.2) is 8.42 Å². The van der Waals surface area contributed by atoms with Crippen LogP contribution in [-0.2, 0) is 9.84 Å². The molecule has 4 heteroatoms. The van der Waals surface area contributed by atoms with Crippen molar-refractivity contribution in [2.45, 2.75) is 51.3 Å². The number of unbranched alkanes of at least 4 members (excludes halogenated alkanes) is 2. The topological polar surface area (TPSA) is 34.1 Å². The quantitative estimate of drug-likeness (QED) is 0.508. The van der Waals surface area contributed by atoms with E-state index in [1.165, 1.54) is 0 Å². The van der Waals surface area contributed by atoms with Gasteiger partial charge in [0.2, 0.25) is 0 Å². The number of halogens is 1. The van der Waals surface area contributed by atoms with E-state index >= 15 is 0 Å². The summed E-state index contributed by atoms with van der Waals surface area (Å²) in [7, 11) is -2.75. The highest BCUT2D eigenvalue weighted by atomic mass is 79.9. The first-order valence-corrected chi connectivity index (χ1v) is 8.47. The van der Waals surface area contributed by atoms with Crippen molar-refractivity contribution in [3.8, 4) is 0 Å². The first-order chi connectivity index (χ1) is 6.89. The maximum Gasteiger partial charge on any atom is 0.150 e. The summed E-state index contributed by atoms with van der Waals surface area (Å²) < 4.78 is 22.4. The zero-order valence-corrected chi connectivity index (χ0v) is 12.4. The average Bonchev–Trinajstić information content (AvgIpc) is 2.16. The molecule has 0 bridgehead atoms. The molecule has 0 aromatic rings. The fourth-order valence-electron chi connectivity index (χ4n) is 1.32. The van der Waals surface area contributed by atoms with Crippen LogP contribution in [0.5, 0.6) is 0 Å². The summed E-state index contributed by atoms with van der Waals surface area (Å²) >= 11 is 3.63. The fraction of sp³-hybridized carbons (Fsp3) is 1.00. The number of hydrogen-bond acceptors (Lipinski definition) is 2. The molecule has 1 unspecified atom stereocenters. The Morgan fingerprint density at radius 2 is 1.73 bits per heavy atom. The lowest BCUT2D eigenvalue weighted by Crippen LogP contribution is -2.09. The lowest BCUT2D eigenvalue weighted by molar-refractivity contribution is 0.544. The van der Waals surface area contributed by atoms with E-state index in [1.807, 2.05) is 0 Å². The Balaban J connectivity index is 3.49. The normalized spacial score (nSPS) is 14.5. The summed E-state index contributed by atoms with van der Waals surface area (Å²) in [6.45, 7) is 6.10. The van der Waals surface area contributed by atoms with E-state index < -0.39 is 9.84 Å². The highest BCUT2D eigenvalue weighted by molar-refractivity contribution is 9.09. The maximum absolute atomic E-state index is 11.2. The summed E-state index contributed by atoms with van der Waals surface area (Å²) in [6.07, 6.45) is 4.10. The van der Waals surface area contributed by atoms with E-state index in [1.54, 1.807) is 6.92 Å². The molecule has 0 N–H and O–H groups in total. The predicted octanol–water partition coefficient (Wildman–Crippen LogP) is 3.40. The molecular weight excluding hydrogens is 276 g/mol. The molecule has 15 heavy (non-hydrogen) atoms. The molecule has 0 amide bonds. The monoisotopic (exact) mass is 298 g/mol. The molecule has 0 heterocycles. The van der Waals surface area contributed by atoms with E-state index in [2.05, 4.69) is 29.8 Å². The Labute approximate surface area is 103 Å². The van der Waals surface area contributed by atoms with Crippen LogP contribution in [0.1, 0.15) is 46.5 Å². The summed E-state index contributed by atoms with van der Waals surface area (Å²) in [5.74, 6) is 1.29. The Morgan fingerprint density at radius 1 is 1.13 bits per heavy atom. The van der Waals surface area contributed by atoms with Gasteiger partial charge in [0.25, 0.3) is 0 Å². The molecule has 0 spiro atoms. The number of alkyl halides is 1. The molecule has 0 saturated heterocycles. The first kappa shape index (κ1) is 15.4. The Bertz CT molecular complexity index is 247. The summed E-state index contributed by atoms with van der Waals surface area (Å²) in [5.41, 5.74) is 0. The van der Waals surface area contributed by atoms with Gasteiger partial charge in [0.15, 0.2) is 0 Å². The molecule has 0 aromatic heterocycles. The molecule has 2 nitrogen and oxygen atoms in total. The van der Waals surface area contributed by atoms with Gasteiger partial charge in [0.05, 0.1) is 5.75 Å². The smallest absolute Gasteiger partial charge is 0.150 e. The van der Waals surface area contributed by atoms with Crippen LogP contribution in [0.3, 0.4) is 0 Å². The van der Waals surface area contributed by atoms with Gasteiger partial charge in [-0.1, -0.05) is 49.5 Å².